The number of rotatable bonds is 6. The van der Waals surface area contributed by atoms with Gasteiger partial charge in [0.25, 0.3) is 0 Å². The minimum Gasteiger partial charge on any atom is -0.396 e. The normalized spacial score (nSPS) is 24.9. The Kier molecular flexibility index (Phi) is 6.15. The number of hydrogen-bond donors (Lipinski definition) is 2. The van der Waals surface area contributed by atoms with Crippen molar-refractivity contribution < 1.29 is 9.84 Å². The van der Waals surface area contributed by atoms with Crippen LogP contribution < -0.4 is 5.32 Å². The van der Waals surface area contributed by atoms with Crippen LogP contribution in [0.1, 0.15) is 26.2 Å². The predicted molar refractivity (Wildman–Crippen MR) is 57.3 cm³/mol. The van der Waals surface area contributed by atoms with E-state index in [-0.39, 0.29) is 0 Å². The van der Waals surface area contributed by atoms with Crippen molar-refractivity contribution in [1.29, 1.82) is 0 Å². The Labute approximate surface area is 86.8 Å². The van der Waals surface area contributed by atoms with E-state index in [0.717, 1.165) is 39.1 Å². The lowest BCUT2D eigenvalue weighted by molar-refractivity contribution is 0.0144. The van der Waals surface area contributed by atoms with E-state index in [0.29, 0.717) is 18.4 Å². The van der Waals surface area contributed by atoms with Crippen molar-refractivity contribution in [3.63, 3.8) is 0 Å². The van der Waals surface area contributed by atoms with Crippen LogP contribution in [0, 0.1) is 11.8 Å². The van der Waals surface area contributed by atoms with Crippen LogP contribution in [0.2, 0.25) is 0 Å². The summed E-state index contributed by atoms with van der Waals surface area (Å²) in [6.07, 6.45) is 3.44. The van der Waals surface area contributed by atoms with Gasteiger partial charge in [-0.15, -0.1) is 0 Å². The highest BCUT2D eigenvalue weighted by Crippen LogP contribution is 2.24. The maximum atomic E-state index is 9.29. The Bertz CT molecular complexity index is 135. The third-order valence-corrected chi connectivity index (χ3v) is 3.04. The van der Waals surface area contributed by atoms with Crippen molar-refractivity contribution in [2.24, 2.45) is 11.8 Å². The Hall–Kier alpha value is -0.120. The molecule has 0 aromatic heterocycles. The first-order chi connectivity index (χ1) is 6.88. The van der Waals surface area contributed by atoms with E-state index in [1.54, 1.807) is 0 Å². The summed E-state index contributed by atoms with van der Waals surface area (Å²) in [5.41, 5.74) is 0. The molecule has 3 nitrogen and oxygen atoms in total. The average Bonchev–Trinajstić information content (AvgIpc) is 2.26. The molecule has 1 heterocycles. The molecular weight excluding hydrogens is 178 g/mol. The van der Waals surface area contributed by atoms with Gasteiger partial charge < -0.3 is 15.2 Å². The van der Waals surface area contributed by atoms with E-state index in [1.165, 1.54) is 6.42 Å². The third-order valence-electron chi connectivity index (χ3n) is 3.04. The second-order valence-electron chi connectivity index (χ2n) is 4.06. The molecule has 0 amide bonds. The summed E-state index contributed by atoms with van der Waals surface area (Å²) in [5.74, 6) is 1.00. The smallest absolute Gasteiger partial charge is 0.0497 e. The van der Waals surface area contributed by atoms with Crippen LogP contribution in [-0.2, 0) is 4.74 Å². The minimum atomic E-state index is 0.305. The second kappa shape index (κ2) is 7.21. The Balaban J connectivity index is 2.21. The van der Waals surface area contributed by atoms with Crippen LogP contribution in [0.3, 0.4) is 0 Å². The zero-order chi connectivity index (χ0) is 10.2. The Morgan fingerprint density at radius 2 is 2.43 bits per heavy atom. The zero-order valence-electron chi connectivity index (χ0n) is 9.17. The van der Waals surface area contributed by atoms with E-state index >= 15 is 0 Å². The van der Waals surface area contributed by atoms with Gasteiger partial charge in [0.05, 0.1) is 0 Å². The fourth-order valence-electron chi connectivity index (χ4n) is 2.08. The topological polar surface area (TPSA) is 41.5 Å². The van der Waals surface area contributed by atoms with Crippen LogP contribution in [-0.4, -0.2) is 38.0 Å². The van der Waals surface area contributed by atoms with Crippen LogP contribution in [0.15, 0.2) is 0 Å². The van der Waals surface area contributed by atoms with Crippen molar-refractivity contribution in [2.45, 2.75) is 26.2 Å². The summed E-state index contributed by atoms with van der Waals surface area (Å²) in [6, 6.07) is 0. The van der Waals surface area contributed by atoms with E-state index in [2.05, 4.69) is 12.2 Å². The number of aliphatic hydroxyl groups is 1. The van der Waals surface area contributed by atoms with Gasteiger partial charge in [0.1, 0.15) is 0 Å². The standard InChI is InChI=1S/C11H23NO2/c1-2-12-6-5-10(8-13)11-4-3-7-14-9-11/h10-13H,2-9H2,1H3. The molecule has 0 spiro atoms. The molecular formula is C11H23NO2. The van der Waals surface area contributed by atoms with Crippen LogP contribution in [0.4, 0.5) is 0 Å². The molecule has 0 aromatic carbocycles. The van der Waals surface area contributed by atoms with Gasteiger partial charge in [0.2, 0.25) is 0 Å². The summed E-state index contributed by atoms with van der Waals surface area (Å²) >= 11 is 0. The molecule has 1 aliphatic rings. The van der Waals surface area contributed by atoms with Crippen molar-refractivity contribution in [3.8, 4) is 0 Å². The molecule has 3 heteroatoms. The third kappa shape index (κ3) is 3.95. The van der Waals surface area contributed by atoms with Gasteiger partial charge >= 0.3 is 0 Å². The lowest BCUT2D eigenvalue weighted by atomic mass is 9.86. The van der Waals surface area contributed by atoms with Crippen LogP contribution >= 0.6 is 0 Å². The molecule has 84 valence electrons. The summed E-state index contributed by atoms with van der Waals surface area (Å²) in [5, 5.41) is 12.6. The summed E-state index contributed by atoms with van der Waals surface area (Å²) in [4.78, 5) is 0. The van der Waals surface area contributed by atoms with E-state index in [1.807, 2.05) is 0 Å². The van der Waals surface area contributed by atoms with Crippen molar-refractivity contribution >= 4 is 0 Å². The maximum Gasteiger partial charge on any atom is 0.0497 e. The monoisotopic (exact) mass is 201 g/mol. The molecule has 14 heavy (non-hydrogen) atoms. The lowest BCUT2D eigenvalue weighted by Gasteiger charge is -2.29. The predicted octanol–water partition coefficient (Wildman–Crippen LogP) is 1.02. The molecule has 2 atom stereocenters. The Morgan fingerprint density at radius 1 is 1.57 bits per heavy atom. The largest absolute Gasteiger partial charge is 0.396 e. The molecule has 2 N–H and O–H groups in total. The van der Waals surface area contributed by atoms with E-state index < -0.39 is 0 Å². The van der Waals surface area contributed by atoms with Gasteiger partial charge in [-0.25, -0.2) is 0 Å². The molecule has 0 radical (unpaired) electrons. The summed E-state index contributed by atoms with van der Waals surface area (Å²) in [7, 11) is 0. The van der Waals surface area contributed by atoms with Crippen LogP contribution in [0.5, 0.6) is 0 Å². The highest BCUT2D eigenvalue weighted by molar-refractivity contribution is 4.72. The molecule has 1 saturated heterocycles. The highest BCUT2D eigenvalue weighted by atomic mass is 16.5. The molecule has 0 bridgehead atoms. The average molecular weight is 201 g/mol. The molecule has 1 fully saturated rings. The fourth-order valence-corrected chi connectivity index (χ4v) is 2.08. The number of aliphatic hydroxyl groups excluding tert-OH is 1. The van der Waals surface area contributed by atoms with Crippen molar-refractivity contribution in [1.82, 2.24) is 5.32 Å². The lowest BCUT2D eigenvalue weighted by Crippen LogP contribution is -2.30. The summed E-state index contributed by atoms with van der Waals surface area (Å²) in [6.45, 7) is 6.19. The first kappa shape index (κ1) is 12.0. The van der Waals surface area contributed by atoms with Crippen molar-refractivity contribution in [3.05, 3.63) is 0 Å². The van der Waals surface area contributed by atoms with Gasteiger partial charge in [0, 0.05) is 19.8 Å². The van der Waals surface area contributed by atoms with E-state index in [9.17, 15) is 5.11 Å². The molecule has 0 saturated carbocycles. The highest BCUT2D eigenvalue weighted by Gasteiger charge is 2.22. The number of ether oxygens (including phenoxy) is 1. The van der Waals surface area contributed by atoms with Gasteiger partial charge in [-0.05, 0) is 44.2 Å². The van der Waals surface area contributed by atoms with E-state index in [4.69, 9.17) is 4.74 Å². The first-order valence-corrected chi connectivity index (χ1v) is 5.77. The van der Waals surface area contributed by atoms with Gasteiger partial charge in [-0.2, -0.15) is 0 Å². The fraction of sp³-hybridized carbons (Fsp3) is 1.00. The Morgan fingerprint density at radius 3 is 3.00 bits per heavy atom. The second-order valence-corrected chi connectivity index (χ2v) is 4.06. The molecule has 2 unspecified atom stereocenters. The molecule has 0 aromatic rings. The first-order valence-electron chi connectivity index (χ1n) is 5.77. The number of nitrogens with one attached hydrogen (secondary N) is 1. The van der Waals surface area contributed by atoms with Crippen molar-refractivity contribution in [2.75, 3.05) is 32.9 Å². The van der Waals surface area contributed by atoms with Gasteiger partial charge in [-0.1, -0.05) is 6.92 Å². The molecule has 1 rings (SSSR count). The molecule has 0 aliphatic carbocycles. The van der Waals surface area contributed by atoms with Gasteiger partial charge in [-0.3, -0.25) is 0 Å². The quantitative estimate of drug-likeness (QED) is 0.630. The summed E-state index contributed by atoms with van der Waals surface area (Å²) < 4.78 is 5.44. The minimum absolute atomic E-state index is 0.305. The molecule has 1 aliphatic heterocycles. The zero-order valence-corrected chi connectivity index (χ0v) is 9.17. The van der Waals surface area contributed by atoms with Gasteiger partial charge in [0.15, 0.2) is 0 Å². The number of hydrogen-bond acceptors (Lipinski definition) is 3. The van der Waals surface area contributed by atoms with Crippen LogP contribution in [0.25, 0.3) is 0 Å². The SMILES string of the molecule is CCNCCC(CO)C1CCCOC1. The maximum absolute atomic E-state index is 9.29.